The highest BCUT2D eigenvalue weighted by molar-refractivity contribution is 5.84. The first-order chi connectivity index (χ1) is 14.9. The van der Waals surface area contributed by atoms with Gasteiger partial charge in [-0.05, 0) is 48.9 Å². The van der Waals surface area contributed by atoms with Crippen LogP contribution < -0.4 is 11.1 Å². The number of amides is 1. The van der Waals surface area contributed by atoms with Gasteiger partial charge in [0.2, 0.25) is 0 Å². The second kappa shape index (κ2) is 9.13. The fourth-order valence-corrected chi connectivity index (χ4v) is 4.46. The average molecular weight is 428 g/mol. The van der Waals surface area contributed by atoms with Crippen LogP contribution in [0.5, 0.6) is 11.5 Å². The molecule has 1 amide bonds. The van der Waals surface area contributed by atoms with E-state index in [9.17, 15) is 15.0 Å². The summed E-state index contributed by atoms with van der Waals surface area (Å²) >= 11 is 0. The van der Waals surface area contributed by atoms with E-state index in [-0.39, 0.29) is 23.9 Å². The Kier molecular flexibility index (Phi) is 6.31. The number of piperidine rings is 1. The lowest BCUT2D eigenvalue weighted by Gasteiger charge is -2.39. The van der Waals surface area contributed by atoms with Gasteiger partial charge in [-0.2, -0.15) is 0 Å². The third-order valence-electron chi connectivity index (χ3n) is 6.15. The Bertz CT molecular complexity index is 943. The summed E-state index contributed by atoms with van der Waals surface area (Å²) in [6, 6.07) is 10.2. The summed E-state index contributed by atoms with van der Waals surface area (Å²) in [5, 5.41) is 24.3. The lowest BCUT2D eigenvalue weighted by molar-refractivity contribution is -0.133. The van der Waals surface area contributed by atoms with Gasteiger partial charge in [-0.1, -0.05) is 18.2 Å². The van der Waals surface area contributed by atoms with Gasteiger partial charge in [-0.25, -0.2) is 4.79 Å². The van der Waals surface area contributed by atoms with Gasteiger partial charge in [0, 0.05) is 43.4 Å². The first-order valence-corrected chi connectivity index (χ1v) is 10.6. The number of phenols is 2. The molecule has 2 atom stereocenters. The molecule has 166 valence electrons. The molecule has 31 heavy (non-hydrogen) atoms. The second-order valence-corrected chi connectivity index (χ2v) is 8.22. The molecule has 0 unspecified atom stereocenters. The molecule has 2 heterocycles. The van der Waals surface area contributed by atoms with Crippen LogP contribution in [0.2, 0.25) is 0 Å². The molecule has 1 fully saturated rings. The number of benzene rings is 2. The van der Waals surface area contributed by atoms with Crippen molar-refractivity contribution in [1.29, 1.82) is 0 Å². The third-order valence-corrected chi connectivity index (χ3v) is 6.15. The highest BCUT2D eigenvalue weighted by Crippen LogP contribution is 2.40. The highest BCUT2D eigenvalue weighted by atomic mass is 16.7. The number of phenolic OH excluding ortho intramolecular Hbond substituents is 2. The lowest BCUT2D eigenvalue weighted by atomic mass is 9.83. The minimum Gasteiger partial charge on any atom is -0.508 e. The molecular weight excluding hydrogens is 398 g/mol. The number of nitrogens with two attached hydrogens (primary N) is 1. The Labute approximate surface area is 181 Å². The Morgan fingerprint density at radius 3 is 2.74 bits per heavy atom. The molecule has 0 aliphatic carbocycles. The molecule has 1 saturated heterocycles. The van der Waals surface area contributed by atoms with E-state index in [1.165, 1.54) is 12.1 Å². The zero-order valence-electron chi connectivity index (χ0n) is 17.6. The molecule has 0 bridgehead atoms. The number of nitrogens with zero attached hydrogens (tertiary/aromatic N) is 1. The molecule has 2 aliphatic heterocycles. The topological polar surface area (TPSA) is 117 Å². The number of anilines is 1. The molecule has 4 rings (SSSR count). The van der Waals surface area contributed by atoms with Crippen LogP contribution in [0.25, 0.3) is 0 Å². The van der Waals surface area contributed by atoms with Crippen molar-refractivity contribution in [3.8, 4) is 11.5 Å². The van der Waals surface area contributed by atoms with Crippen molar-refractivity contribution in [2.45, 2.75) is 38.4 Å². The molecule has 2 aliphatic rings. The minimum atomic E-state index is -0.588. The first kappa shape index (κ1) is 21.4. The van der Waals surface area contributed by atoms with Crippen molar-refractivity contribution in [1.82, 2.24) is 5.06 Å². The summed E-state index contributed by atoms with van der Waals surface area (Å²) in [6.07, 6.45) is 1.44. The van der Waals surface area contributed by atoms with Gasteiger partial charge in [-0.15, -0.1) is 5.06 Å². The van der Waals surface area contributed by atoms with Gasteiger partial charge in [0.15, 0.2) is 0 Å². The number of hydroxylamine groups is 2. The summed E-state index contributed by atoms with van der Waals surface area (Å²) in [5.74, 6) is 0.703. The molecular formula is C23H29N3O5. The van der Waals surface area contributed by atoms with Gasteiger partial charge in [0.1, 0.15) is 11.5 Å². The second-order valence-electron chi connectivity index (χ2n) is 8.22. The van der Waals surface area contributed by atoms with Gasteiger partial charge in [0.25, 0.3) is 0 Å². The van der Waals surface area contributed by atoms with Crippen LogP contribution >= 0.6 is 0 Å². The molecule has 0 aromatic heterocycles. The van der Waals surface area contributed by atoms with Crippen LogP contribution in [0.4, 0.5) is 10.5 Å². The quantitative estimate of drug-likeness (QED) is 0.592. The van der Waals surface area contributed by atoms with Crippen LogP contribution in [0.15, 0.2) is 36.4 Å². The summed E-state index contributed by atoms with van der Waals surface area (Å²) in [5.41, 5.74) is 9.20. The molecule has 0 spiro atoms. The van der Waals surface area contributed by atoms with Crippen LogP contribution in [-0.4, -0.2) is 47.1 Å². The SMILES string of the molecule is Cc1ccc2c(c1O)C[C@@H](C1CCN(OC(=O)Nc3cccc(O)c3)CC1)O[C@H]2CN. The van der Waals surface area contributed by atoms with Crippen LogP contribution in [0.1, 0.15) is 35.6 Å². The summed E-state index contributed by atoms with van der Waals surface area (Å²) in [4.78, 5) is 17.5. The monoisotopic (exact) mass is 427 g/mol. The third kappa shape index (κ3) is 4.76. The van der Waals surface area contributed by atoms with Gasteiger partial charge >= 0.3 is 6.09 Å². The smallest absolute Gasteiger partial charge is 0.430 e. The van der Waals surface area contributed by atoms with Crippen LogP contribution in [0, 0.1) is 12.8 Å². The fraction of sp³-hybridized carbons (Fsp3) is 0.435. The van der Waals surface area contributed by atoms with Gasteiger partial charge < -0.3 is 25.5 Å². The van der Waals surface area contributed by atoms with Crippen LogP contribution in [-0.2, 0) is 16.0 Å². The molecule has 5 N–H and O–H groups in total. The Hall–Kier alpha value is -2.81. The average Bonchev–Trinajstić information content (AvgIpc) is 2.76. The van der Waals surface area contributed by atoms with E-state index < -0.39 is 6.09 Å². The maximum atomic E-state index is 12.1. The fourth-order valence-electron chi connectivity index (χ4n) is 4.46. The summed E-state index contributed by atoms with van der Waals surface area (Å²) in [7, 11) is 0. The van der Waals surface area contributed by atoms with E-state index in [1.54, 1.807) is 17.2 Å². The molecule has 2 aromatic rings. The largest absolute Gasteiger partial charge is 0.508 e. The summed E-state index contributed by atoms with van der Waals surface area (Å²) in [6.45, 7) is 3.45. The first-order valence-electron chi connectivity index (χ1n) is 10.6. The van der Waals surface area contributed by atoms with Gasteiger partial charge in [0.05, 0.1) is 12.2 Å². The normalized spacial score (nSPS) is 22.0. The maximum Gasteiger partial charge on any atom is 0.430 e. The number of fused-ring (bicyclic) bond motifs is 1. The Balaban J connectivity index is 1.33. The molecule has 8 heteroatoms. The number of aryl methyl sites for hydroxylation is 1. The number of ether oxygens (including phenoxy) is 1. The van der Waals surface area contributed by atoms with E-state index in [4.69, 9.17) is 15.3 Å². The van der Waals surface area contributed by atoms with Crippen molar-refractivity contribution in [3.63, 3.8) is 0 Å². The number of carbonyl (C=O) groups is 1. The van der Waals surface area contributed by atoms with Crippen molar-refractivity contribution in [2.24, 2.45) is 11.7 Å². The standard InChI is InChI=1S/C23H29N3O5/c1-14-5-6-18-19(22(14)28)12-20(30-21(18)13-24)15-7-9-26(10-8-15)31-23(29)25-16-3-2-4-17(27)11-16/h2-6,11,15,20-21,27-28H,7-10,12-13,24H2,1H3,(H,25,29)/t20-,21-/m0/s1. The molecule has 2 aromatic carbocycles. The highest BCUT2D eigenvalue weighted by Gasteiger charge is 2.36. The zero-order valence-corrected chi connectivity index (χ0v) is 17.6. The Morgan fingerprint density at radius 1 is 1.26 bits per heavy atom. The number of aromatic hydroxyl groups is 2. The number of carbonyl (C=O) groups excluding carboxylic acids is 1. The molecule has 8 nitrogen and oxygen atoms in total. The zero-order chi connectivity index (χ0) is 22.0. The Morgan fingerprint density at radius 2 is 2.03 bits per heavy atom. The predicted molar refractivity (Wildman–Crippen MR) is 116 cm³/mol. The van der Waals surface area contributed by atoms with Crippen LogP contribution in [0.3, 0.4) is 0 Å². The number of rotatable bonds is 4. The molecule has 0 radical (unpaired) electrons. The van der Waals surface area contributed by atoms with Gasteiger partial charge in [-0.3, -0.25) is 5.32 Å². The van der Waals surface area contributed by atoms with Crippen molar-refractivity contribution in [2.75, 3.05) is 25.0 Å². The minimum absolute atomic E-state index is 0.0305. The number of hydrogen-bond acceptors (Lipinski definition) is 7. The number of hydrogen-bond donors (Lipinski definition) is 4. The maximum absolute atomic E-state index is 12.1. The van der Waals surface area contributed by atoms with Crippen molar-refractivity contribution >= 4 is 11.8 Å². The van der Waals surface area contributed by atoms with Crippen molar-refractivity contribution in [3.05, 3.63) is 53.1 Å². The van der Waals surface area contributed by atoms with E-state index >= 15 is 0 Å². The summed E-state index contributed by atoms with van der Waals surface area (Å²) < 4.78 is 6.30. The van der Waals surface area contributed by atoms with E-state index in [1.807, 2.05) is 19.1 Å². The van der Waals surface area contributed by atoms with E-state index in [2.05, 4.69) is 5.32 Å². The van der Waals surface area contributed by atoms with E-state index in [0.29, 0.717) is 37.5 Å². The predicted octanol–water partition coefficient (Wildman–Crippen LogP) is 3.22. The van der Waals surface area contributed by atoms with Crippen molar-refractivity contribution < 1.29 is 24.6 Å². The lowest BCUT2D eigenvalue weighted by Crippen LogP contribution is -2.43. The molecule has 0 saturated carbocycles. The number of nitrogens with one attached hydrogen (secondary N) is 1. The van der Waals surface area contributed by atoms with E-state index in [0.717, 1.165) is 29.5 Å².